The van der Waals surface area contributed by atoms with Gasteiger partial charge in [-0.1, -0.05) is 23.7 Å². The molecule has 4 rings (SSSR count). The Morgan fingerprint density at radius 3 is 2.57 bits per heavy atom. The number of morpholine rings is 1. The summed E-state index contributed by atoms with van der Waals surface area (Å²) in [4.78, 5) is 29.8. The molecule has 2 aromatic rings. The van der Waals surface area contributed by atoms with Gasteiger partial charge in [0.2, 0.25) is 0 Å². The molecule has 1 N–H and O–H groups in total. The number of carbonyl (C=O) groups excluding carboxylic acids is 2. The number of Topliss-reactive ketones (excluding diaryl/α,β-unsaturated/α-hetero) is 1. The number of aliphatic hydroxyl groups is 1. The van der Waals surface area contributed by atoms with Crippen LogP contribution in [0.3, 0.4) is 0 Å². The van der Waals surface area contributed by atoms with Gasteiger partial charge in [0, 0.05) is 36.8 Å². The molecule has 1 amide bonds. The van der Waals surface area contributed by atoms with Crippen molar-refractivity contribution < 1.29 is 28.6 Å². The Hall–Kier alpha value is -2.94. The molecule has 2 aliphatic heterocycles. The highest BCUT2D eigenvalue weighted by Gasteiger charge is 2.46. The second kappa shape index (κ2) is 10.8. The number of ketones is 1. The molecule has 0 radical (unpaired) electrons. The van der Waals surface area contributed by atoms with Gasteiger partial charge < -0.3 is 19.5 Å². The summed E-state index contributed by atoms with van der Waals surface area (Å²) in [6.45, 7) is 7.05. The van der Waals surface area contributed by atoms with Crippen LogP contribution in [0.4, 0.5) is 4.39 Å². The third-order valence-corrected chi connectivity index (χ3v) is 6.27. The van der Waals surface area contributed by atoms with E-state index in [-0.39, 0.29) is 29.5 Å². The fraction of sp³-hybridized carbons (Fsp3) is 0.385. The van der Waals surface area contributed by atoms with E-state index in [1.54, 1.807) is 38.1 Å². The van der Waals surface area contributed by atoms with E-state index in [0.717, 1.165) is 19.2 Å². The molecular formula is C26H28ClFN2O5. The number of halogens is 2. The molecule has 0 aromatic heterocycles. The highest BCUT2D eigenvalue weighted by atomic mass is 35.5. The standard InChI is InChI=1S/C26H28ClFN2O5/c1-16(2)35-21-7-6-18(15-20(21)28)24(31)22-23(17-4-3-5-19(27)14-17)30(26(33)25(22)32)9-8-29-10-12-34-13-11-29/h3-7,14-16,23,31H,8-13H2,1-2H3/b24-22-. The first-order valence-electron chi connectivity index (χ1n) is 11.6. The van der Waals surface area contributed by atoms with Crippen molar-refractivity contribution in [3.05, 3.63) is 70.0 Å². The molecule has 0 spiro atoms. The maximum absolute atomic E-state index is 14.7. The first kappa shape index (κ1) is 25.2. The van der Waals surface area contributed by atoms with Crippen LogP contribution in [0.15, 0.2) is 48.0 Å². The Kier molecular flexibility index (Phi) is 7.74. The number of amides is 1. The predicted octanol–water partition coefficient (Wildman–Crippen LogP) is 4.02. The van der Waals surface area contributed by atoms with E-state index >= 15 is 0 Å². The van der Waals surface area contributed by atoms with E-state index in [9.17, 15) is 19.1 Å². The maximum atomic E-state index is 14.7. The number of nitrogens with zero attached hydrogens (tertiary/aromatic N) is 2. The Bertz CT molecular complexity index is 1150. The SMILES string of the molecule is CC(C)Oc1ccc(/C(O)=C2/C(=O)C(=O)N(CCN3CCOCC3)C2c2cccc(Cl)c2)cc1F. The topological polar surface area (TPSA) is 79.3 Å². The normalized spacial score (nSPS) is 20.6. The molecule has 2 saturated heterocycles. The van der Waals surface area contributed by atoms with Crippen LogP contribution in [0.2, 0.25) is 5.02 Å². The van der Waals surface area contributed by atoms with Crippen LogP contribution in [0.25, 0.3) is 5.76 Å². The molecule has 1 unspecified atom stereocenters. The summed E-state index contributed by atoms with van der Waals surface area (Å²) in [7, 11) is 0. The Labute approximate surface area is 208 Å². The van der Waals surface area contributed by atoms with Crippen molar-refractivity contribution in [1.29, 1.82) is 0 Å². The highest BCUT2D eigenvalue weighted by molar-refractivity contribution is 6.46. The molecule has 2 aliphatic rings. The summed E-state index contributed by atoms with van der Waals surface area (Å²) in [5.74, 6) is -2.63. The van der Waals surface area contributed by atoms with Crippen molar-refractivity contribution in [3.63, 3.8) is 0 Å². The third-order valence-electron chi connectivity index (χ3n) is 6.03. The zero-order valence-corrected chi connectivity index (χ0v) is 20.4. The summed E-state index contributed by atoms with van der Waals surface area (Å²) >= 11 is 6.21. The Balaban J connectivity index is 1.73. The second-order valence-electron chi connectivity index (χ2n) is 8.81. The van der Waals surface area contributed by atoms with Crippen LogP contribution in [0.5, 0.6) is 5.75 Å². The van der Waals surface area contributed by atoms with Crippen LogP contribution in [-0.2, 0) is 14.3 Å². The third kappa shape index (κ3) is 5.50. The molecule has 35 heavy (non-hydrogen) atoms. The zero-order valence-electron chi connectivity index (χ0n) is 19.7. The molecule has 2 heterocycles. The second-order valence-corrected chi connectivity index (χ2v) is 9.25. The molecule has 0 bridgehead atoms. The van der Waals surface area contributed by atoms with Gasteiger partial charge in [-0.25, -0.2) is 4.39 Å². The van der Waals surface area contributed by atoms with Gasteiger partial charge in [-0.05, 0) is 49.7 Å². The van der Waals surface area contributed by atoms with Gasteiger partial charge in [-0.15, -0.1) is 0 Å². The molecule has 0 aliphatic carbocycles. The zero-order chi connectivity index (χ0) is 25.1. The molecule has 0 saturated carbocycles. The van der Waals surface area contributed by atoms with Gasteiger partial charge in [-0.2, -0.15) is 0 Å². The van der Waals surface area contributed by atoms with Crippen molar-refractivity contribution in [2.24, 2.45) is 0 Å². The number of benzene rings is 2. The largest absolute Gasteiger partial charge is 0.507 e. The van der Waals surface area contributed by atoms with Crippen molar-refractivity contribution >= 4 is 29.1 Å². The fourth-order valence-electron chi connectivity index (χ4n) is 4.36. The predicted molar refractivity (Wildman–Crippen MR) is 130 cm³/mol. The van der Waals surface area contributed by atoms with E-state index in [0.29, 0.717) is 30.3 Å². The summed E-state index contributed by atoms with van der Waals surface area (Å²) in [6, 6.07) is 9.92. The molecule has 9 heteroatoms. The summed E-state index contributed by atoms with van der Waals surface area (Å²) in [5, 5.41) is 11.6. The first-order valence-corrected chi connectivity index (χ1v) is 11.9. The highest BCUT2D eigenvalue weighted by Crippen LogP contribution is 2.40. The lowest BCUT2D eigenvalue weighted by Gasteiger charge is -2.31. The lowest BCUT2D eigenvalue weighted by atomic mass is 9.95. The van der Waals surface area contributed by atoms with E-state index < -0.39 is 29.3 Å². The molecule has 1 atom stereocenters. The average molecular weight is 503 g/mol. The van der Waals surface area contributed by atoms with Crippen LogP contribution < -0.4 is 4.74 Å². The van der Waals surface area contributed by atoms with E-state index in [1.165, 1.54) is 17.0 Å². The molecule has 2 aromatic carbocycles. The fourth-order valence-corrected chi connectivity index (χ4v) is 4.56. The smallest absolute Gasteiger partial charge is 0.295 e. The van der Waals surface area contributed by atoms with Crippen LogP contribution in [0.1, 0.15) is 31.0 Å². The lowest BCUT2D eigenvalue weighted by Crippen LogP contribution is -2.42. The number of carbonyl (C=O) groups is 2. The Morgan fingerprint density at radius 1 is 1.17 bits per heavy atom. The number of rotatable bonds is 7. The van der Waals surface area contributed by atoms with Gasteiger partial charge in [0.1, 0.15) is 5.76 Å². The number of ether oxygens (including phenoxy) is 2. The van der Waals surface area contributed by atoms with Gasteiger partial charge >= 0.3 is 0 Å². The Morgan fingerprint density at radius 2 is 1.91 bits per heavy atom. The van der Waals surface area contributed by atoms with Crippen LogP contribution in [0, 0.1) is 5.82 Å². The average Bonchev–Trinajstić information content (AvgIpc) is 3.09. The van der Waals surface area contributed by atoms with Crippen LogP contribution in [-0.4, -0.2) is 72.1 Å². The van der Waals surface area contributed by atoms with E-state index in [4.69, 9.17) is 21.1 Å². The maximum Gasteiger partial charge on any atom is 0.295 e. The summed E-state index contributed by atoms with van der Waals surface area (Å²) in [6.07, 6.45) is -0.233. The minimum absolute atomic E-state index is 0.0360. The molecular weight excluding hydrogens is 475 g/mol. The van der Waals surface area contributed by atoms with Gasteiger partial charge in [0.25, 0.3) is 11.7 Å². The van der Waals surface area contributed by atoms with E-state index in [2.05, 4.69) is 4.90 Å². The van der Waals surface area contributed by atoms with Crippen LogP contribution >= 0.6 is 11.6 Å². The monoisotopic (exact) mass is 502 g/mol. The summed E-state index contributed by atoms with van der Waals surface area (Å²) < 4.78 is 25.5. The minimum atomic E-state index is -0.857. The van der Waals surface area contributed by atoms with Gasteiger partial charge in [0.05, 0.1) is 30.9 Å². The van der Waals surface area contributed by atoms with Crippen molar-refractivity contribution in [3.8, 4) is 5.75 Å². The molecule has 2 fully saturated rings. The number of hydrogen-bond acceptors (Lipinski definition) is 6. The first-order chi connectivity index (χ1) is 16.8. The minimum Gasteiger partial charge on any atom is -0.507 e. The lowest BCUT2D eigenvalue weighted by molar-refractivity contribution is -0.140. The molecule has 7 nitrogen and oxygen atoms in total. The number of likely N-dealkylation sites (tertiary alicyclic amines) is 1. The number of aliphatic hydroxyl groups excluding tert-OH is 1. The number of hydrogen-bond donors (Lipinski definition) is 1. The van der Waals surface area contributed by atoms with E-state index in [1.807, 2.05) is 0 Å². The van der Waals surface area contributed by atoms with Crippen molar-refractivity contribution in [2.75, 3.05) is 39.4 Å². The summed E-state index contributed by atoms with van der Waals surface area (Å²) in [5.41, 5.74) is 0.563. The van der Waals surface area contributed by atoms with Gasteiger partial charge in [-0.3, -0.25) is 14.5 Å². The van der Waals surface area contributed by atoms with Crippen molar-refractivity contribution in [2.45, 2.75) is 26.0 Å². The quantitative estimate of drug-likeness (QED) is 0.350. The van der Waals surface area contributed by atoms with Crippen molar-refractivity contribution in [1.82, 2.24) is 9.80 Å². The van der Waals surface area contributed by atoms with Gasteiger partial charge in [0.15, 0.2) is 11.6 Å². The molecule has 186 valence electrons.